The van der Waals surface area contributed by atoms with Crippen molar-refractivity contribution in [3.05, 3.63) is 76.4 Å². The van der Waals surface area contributed by atoms with Crippen LogP contribution >= 0.6 is 11.6 Å². The van der Waals surface area contributed by atoms with Crippen molar-refractivity contribution in [2.45, 2.75) is 6.54 Å². The van der Waals surface area contributed by atoms with Crippen molar-refractivity contribution in [3.8, 4) is 17.4 Å². The van der Waals surface area contributed by atoms with E-state index in [-0.39, 0.29) is 18.1 Å². The summed E-state index contributed by atoms with van der Waals surface area (Å²) in [5, 5.41) is 7.30. The second-order valence-electron chi connectivity index (χ2n) is 6.18. The van der Waals surface area contributed by atoms with Crippen LogP contribution in [0.25, 0.3) is 5.65 Å². The number of ether oxygens (including phenoxy) is 2. The number of methoxy groups -OCH3 is 1. The van der Waals surface area contributed by atoms with Crippen molar-refractivity contribution in [3.63, 3.8) is 0 Å². The number of carbonyl (C=O) groups is 1. The SMILES string of the molecule is COc1ccc(NC(=O)Cn2nc3c(Oc4ccccc4Cl)nccn3c2=O)cc1. The summed E-state index contributed by atoms with van der Waals surface area (Å²) in [7, 11) is 1.56. The molecule has 30 heavy (non-hydrogen) atoms. The fourth-order valence-corrected chi connectivity index (χ4v) is 2.92. The lowest BCUT2D eigenvalue weighted by Gasteiger charge is -2.06. The molecule has 0 bridgehead atoms. The number of benzene rings is 2. The van der Waals surface area contributed by atoms with Crippen LogP contribution < -0.4 is 20.5 Å². The average molecular weight is 426 g/mol. The average Bonchev–Trinajstić information content (AvgIpc) is 3.06. The number of rotatable bonds is 6. The lowest BCUT2D eigenvalue weighted by Crippen LogP contribution is -2.28. The van der Waals surface area contributed by atoms with E-state index < -0.39 is 11.6 Å². The van der Waals surface area contributed by atoms with E-state index >= 15 is 0 Å². The highest BCUT2D eigenvalue weighted by atomic mass is 35.5. The molecule has 0 saturated carbocycles. The molecule has 0 fully saturated rings. The van der Waals surface area contributed by atoms with Gasteiger partial charge in [0.2, 0.25) is 11.6 Å². The minimum Gasteiger partial charge on any atom is -0.497 e. The molecular weight excluding hydrogens is 410 g/mol. The van der Waals surface area contributed by atoms with Crippen LogP contribution in [0.1, 0.15) is 0 Å². The summed E-state index contributed by atoms with van der Waals surface area (Å²) in [5.41, 5.74) is 0.239. The van der Waals surface area contributed by atoms with Crippen molar-refractivity contribution in [1.29, 1.82) is 0 Å². The number of anilines is 1. The van der Waals surface area contributed by atoms with Gasteiger partial charge in [-0.05, 0) is 36.4 Å². The molecule has 0 aliphatic rings. The molecule has 0 saturated heterocycles. The second-order valence-corrected chi connectivity index (χ2v) is 6.58. The van der Waals surface area contributed by atoms with Crippen LogP contribution in [0.3, 0.4) is 0 Å². The van der Waals surface area contributed by atoms with Crippen molar-refractivity contribution in [1.82, 2.24) is 19.2 Å². The van der Waals surface area contributed by atoms with Crippen LogP contribution in [0, 0.1) is 0 Å². The number of hydrogen-bond donors (Lipinski definition) is 1. The normalized spacial score (nSPS) is 10.7. The molecule has 152 valence electrons. The first kappa shape index (κ1) is 19.5. The summed E-state index contributed by atoms with van der Waals surface area (Å²) < 4.78 is 13.1. The van der Waals surface area contributed by atoms with Gasteiger partial charge in [-0.15, -0.1) is 5.10 Å². The quantitative estimate of drug-likeness (QED) is 0.509. The summed E-state index contributed by atoms with van der Waals surface area (Å²) in [6, 6.07) is 13.7. The van der Waals surface area contributed by atoms with E-state index in [1.807, 2.05) is 0 Å². The first-order valence-electron chi connectivity index (χ1n) is 8.85. The lowest BCUT2D eigenvalue weighted by molar-refractivity contribution is -0.117. The molecule has 0 aliphatic heterocycles. The Kier molecular flexibility index (Phi) is 5.36. The van der Waals surface area contributed by atoms with Gasteiger partial charge in [-0.25, -0.2) is 18.9 Å². The van der Waals surface area contributed by atoms with E-state index in [4.69, 9.17) is 21.1 Å². The van der Waals surface area contributed by atoms with Crippen LogP contribution in [0.5, 0.6) is 17.4 Å². The molecule has 4 rings (SSSR count). The zero-order valence-electron chi connectivity index (χ0n) is 15.8. The van der Waals surface area contributed by atoms with Gasteiger partial charge in [-0.1, -0.05) is 23.7 Å². The number of hydrogen-bond acceptors (Lipinski definition) is 6. The molecule has 9 nitrogen and oxygen atoms in total. The molecule has 0 aliphatic carbocycles. The zero-order valence-corrected chi connectivity index (χ0v) is 16.5. The van der Waals surface area contributed by atoms with Crippen molar-refractivity contribution in [2.24, 2.45) is 0 Å². The number of para-hydroxylation sites is 1. The molecule has 2 aromatic heterocycles. The number of aromatic nitrogens is 4. The maximum Gasteiger partial charge on any atom is 0.351 e. The van der Waals surface area contributed by atoms with Crippen molar-refractivity contribution >= 4 is 28.8 Å². The summed E-state index contributed by atoms with van der Waals surface area (Å²) in [5.74, 6) is 0.728. The van der Waals surface area contributed by atoms with Crippen LogP contribution in [-0.2, 0) is 11.3 Å². The molecule has 0 unspecified atom stereocenters. The van der Waals surface area contributed by atoms with Gasteiger partial charge in [-0.2, -0.15) is 0 Å². The van der Waals surface area contributed by atoms with E-state index in [0.29, 0.717) is 22.2 Å². The van der Waals surface area contributed by atoms with Crippen LogP contribution in [0.4, 0.5) is 5.69 Å². The Morgan fingerprint density at radius 2 is 1.93 bits per heavy atom. The molecule has 0 atom stereocenters. The lowest BCUT2D eigenvalue weighted by atomic mass is 10.3. The van der Waals surface area contributed by atoms with Gasteiger partial charge in [0.05, 0.1) is 12.1 Å². The van der Waals surface area contributed by atoms with E-state index in [1.165, 1.54) is 16.8 Å². The summed E-state index contributed by atoms with van der Waals surface area (Å²) in [6.45, 7) is -0.280. The molecule has 4 aromatic rings. The molecule has 0 radical (unpaired) electrons. The maximum absolute atomic E-state index is 12.6. The van der Waals surface area contributed by atoms with Gasteiger partial charge < -0.3 is 14.8 Å². The number of nitrogens with one attached hydrogen (secondary N) is 1. The Morgan fingerprint density at radius 3 is 2.67 bits per heavy atom. The van der Waals surface area contributed by atoms with Gasteiger partial charge in [0.1, 0.15) is 18.0 Å². The van der Waals surface area contributed by atoms with Gasteiger partial charge >= 0.3 is 5.69 Å². The van der Waals surface area contributed by atoms with Crippen LogP contribution in [0.2, 0.25) is 5.02 Å². The third-order valence-electron chi connectivity index (χ3n) is 4.18. The second kappa shape index (κ2) is 8.26. The van der Waals surface area contributed by atoms with Gasteiger partial charge in [0.25, 0.3) is 5.88 Å². The molecule has 1 amide bonds. The number of fused-ring (bicyclic) bond motifs is 1. The number of amides is 1. The van der Waals surface area contributed by atoms with Gasteiger partial charge in [0.15, 0.2) is 0 Å². The molecule has 2 aromatic carbocycles. The van der Waals surface area contributed by atoms with Gasteiger partial charge in [0, 0.05) is 18.1 Å². The topological polar surface area (TPSA) is 99.8 Å². The minimum absolute atomic E-state index is 0.0945. The molecule has 0 spiro atoms. The maximum atomic E-state index is 12.6. The van der Waals surface area contributed by atoms with Gasteiger partial charge in [-0.3, -0.25) is 4.79 Å². The smallest absolute Gasteiger partial charge is 0.351 e. The zero-order chi connectivity index (χ0) is 21.1. The van der Waals surface area contributed by atoms with Crippen molar-refractivity contribution in [2.75, 3.05) is 12.4 Å². The summed E-state index contributed by atoms with van der Waals surface area (Å²) >= 11 is 6.12. The highest BCUT2D eigenvalue weighted by Gasteiger charge is 2.16. The Morgan fingerprint density at radius 1 is 1.17 bits per heavy atom. The third kappa shape index (κ3) is 3.96. The third-order valence-corrected chi connectivity index (χ3v) is 4.49. The standard InChI is InChI=1S/C20H16ClN5O4/c1-29-14-8-6-13(7-9-14)23-17(27)12-26-20(28)25-11-10-22-19(18(25)24-26)30-16-5-3-2-4-15(16)21/h2-11H,12H2,1H3,(H,23,27). The molecule has 1 N–H and O–H groups in total. The minimum atomic E-state index is -0.499. The Hall–Kier alpha value is -3.85. The highest BCUT2D eigenvalue weighted by molar-refractivity contribution is 6.32. The number of carbonyl (C=O) groups excluding carboxylic acids is 1. The largest absolute Gasteiger partial charge is 0.497 e. The first-order chi connectivity index (χ1) is 14.5. The highest BCUT2D eigenvalue weighted by Crippen LogP contribution is 2.28. The first-order valence-corrected chi connectivity index (χ1v) is 9.23. The molecule has 10 heteroatoms. The Bertz CT molecular complexity index is 1270. The van der Waals surface area contributed by atoms with E-state index in [2.05, 4.69) is 15.4 Å². The number of halogens is 1. The summed E-state index contributed by atoms with van der Waals surface area (Å²) in [6.07, 6.45) is 2.85. The van der Waals surface area contributed by atoms with Crippen LogP contribution in [0.15, 0.2) is 65.7 Å². The Balaban J connectivity index is 1.57. The Labute approximate surface area is 175 Å². The van der Waals surface area contributed by atoms with Crippen molar-refractivity contribution < 1.29 is 14.3 Å². The fourth-order valence-electron chi connectivity index (χ4n) is 2.74. The molecule has 2 heterocycles. The number of nitrogens with zero attached hydrogens (tertiary/aromatic N) is 4. The monoisotopic (exact) mass is 425 g/mol. The predicted molar refractivity (Wildman–Crippen MR) is 110 cm³/mol. The molecular formula is C20H16ClN5O4. The van der Waals surface area contributed by atoms with Crippen LogP contribution in [-0.4, -0.2) is 32.2 Å². The van der Waals surface area contributed by atoms with E-state index in [0.717, 1.165) is 4.68 Å². The predicted octanol–water partition coefficient (Wildman–Crippen LogP) is 2.98. The van der Waals surface area contributed by atoms with E-state index in [1.54, 1.807) is 55.6 Å². The summed E-state index contributed by atoms with van der Waals surface area (Å²) in [4.78, 5) is 29.1. The fraction of sp³-hybridized carbons (Fsp3) is 0.100. The van der Waals surface area contributed by atoms with E-state index in [9.17, 15) is 9.59 Å².